The number of primary amides is 1. The zero-order valence-corrected chi connectivity index (χ0v) is 85.3. The summed E-state index contributed by atoms with van der Waals surface area (Å²) in [5.74, 6) is -3.83. The largest absolute Gasteiger partial charge is 0.452 e. The van der Waals surface area contributed by atoms with E-state index in [0.29, 0.717) is 45.3 Å². The molecule has 762 valence electrons. The quantitative estimate of drug-likeness (QED) is 0.0293. The van der Waals surface area contributed by atoms with Gasteiger partial charge >= 0.3 is 18.2 Å². The zero-order chi connectivity index (χ0) is 103. The summed E-state index contributed by atoms with van der Waals surface area (Å²) in [7, 11) is 21.9. The number of nitrogens with two attached hydrogens (primary N) is 1. The average Bonchev–Trinajstić information content (AvgIpc) is 0.861. The van der Waals surface area contributed by atoms with Gasteiger partial charge in [-0.25, -0.2) is 30.7 Å². The van der Waals surface area contributed by atoms with Crippen molar-refractivity contribution < 1.29 is 97.3 Å². The van der Waals surface area contributed by atoms with E-state index in [4.69, 9.17) is 10.5 Å². The summed E-state index contributed by atoms with van der Waals surface area (Å²) in [6.45, 7) is 41.7. The van der Waals surface area contributed by atoms with Gasteiger partial charge in [0.25, 0.3) is 0 Å². The van der Waals surface area contributed by atoms with Crippen LogP contribution in [0.1, 0.15) is 171 Å². The number of Topliss-reactive ketones (excluding diaryl/α,β-unsaturated/α-hetero) is 5. The molecular formula is C89H171N23O20. The second-order valence-corrected chi connectivity index (χ2v) is 36.9. The van der Waals surface area contributed by atoms with E-state index < -0.39 is 127 Å². The van der Waals surface area contributed by atoms with Crippen molar-refractivity contribution in [3.8, 4) is 0 Å². The minimum atomic E-state index is -0.991. The van der Waals surface area contributed by atoms with Crippen LogP contribution >= 0.6 is 0 Å². The summed E-state index contributed by atoms with van der Waals surface area (Å²) in [5, 5.41) is 93.4. The Kier molecular flexibility index (Phi) is 64.7. The van der Waals surface area contributed by atoms with Gasteiger partial charge in [0, 0.05) is 64.3 Å². The maximum absolute atomic E-state index is 12.8. The van der Waals surface area contributed by atoms with E-state index >= 15 is 0 Å². The molecule has 2 fully saturated rings. The Morgan fingerprint density at radius 1 is 0.364 bits per heavy atom. The lowest BCUT2D eigenvalue weighted by atomic mass is 9.93. The predicted octanol–water partition coefficient (Wildman–Crippen LogP) is 0.629. The molecule has 0 aliphatic carbocycles. The highest BCUT2D eigenvalue weighted by Gasteiger charge is 2.41. The van der Waals surface area contributed by atoms with Crippen LogP contribution in [0, 0.1) is 59.2 Å². The molecular weight excluding hydrogens is 1710 g/mol. The van der Waals surface area contributed by atoms with Crippen molar-refractivity contribution in [3.05, 3.63) is 0 Å². The van der Waals surface area contributed by atoms with Crippen LogP contribution in [0.3, 0.4) is 0 Å². The van der Waals surface area contributed by atoms with E-state index in [1.54, 1.807) is 122 Å². The van der Waals surface area contributed by atoms with Crippen LogP contribution in [0.5, 0.6) is 0 Å². The SMILES string of the molecule is CC(=O)[C@H](NC(=O)[C@@H]([C@H](O)[C@H](C)C/C=N/N1CCN(C)CC1)N(C)C)C(C)C.CC(=O)[C@H](NC(=O)[C@@H]([C@H](O)[C@H](C)C/C=N/N1CCOCC1)N(C)C)C(C)C.CC(=O)[C@H](NC(=O)[C@@H]([C@H](O)[C@H](C)C/C=N/NC(N)=O)N(C)C)C(C)C.CNC(=O)N/N=C/C[C@@H](C)[C@@H](O)[C@H](C(=O)N[C@@H](C(C)=O)C(C)C)N(C)C.COC(=O)N/N=C/C[C@@H](C)[C@@H](O)[C@H](C(=O)N[C@@H](C(C)=O)C(C)C)N(C)C. The third-order valence-corrected chi connectivity index (χ3v) is 22.2. The Labute approximate surface area is 785 Å². The third-order valence-electron chi connectivity index (χ3n) is 22.2. The van der Waals surface area contributed by atoms with Crippen molar-refractivity contribution >= 4 is 108 Å². The van der Waals surface area contributed by atoms with Crippen molar-refractivity contribution in [2.24, 2.45) is 90.4 Å². The van der Waals surface area contributed by atoms with Crippen LogP contribution in [0.2, 0.25) is 0 Å². The maximum Gasteiger partial charge on any atom is 0.427 e. The number of amides is 10. The number of hydrogen-bond acceptors (Lipinski definition) is 33. The summed E-state index contributed by atoms with van der Waals surface area (Å²) in [6.07, 6.45) is 4.70. The number of hydrazone groups is 5. The summed E-state index contributed by atoms with van der Waals surface area (Å²) >= 11 is 0. The lowest BCUT2D eigenvalue weighted by Gasteiger charge is -2.33. The number of nitrogens with zero attached hydrogens (tertiary/aromatic N) is 13. The van der Waals surface area contributed by atoms with Gasteiger partial charge in [-0.05, 0) is 203 Å². The summed E-state index contributed by atoms with van der Waals surface area (Å²) in [6, 6.07) is -8.04. The molecule has 10 amide bonds. The van der Waals surface area contributed by atoms with Gasteiger partial charge in [-0.15, -0.1) is 0 Å². The average molecular weight is 1880 g/mol. The molecule has 0 spiro atoms. The van der Waals surface area contributed by atoms with Crippen LogP contribution in [-0.4, -0.2) is 408 Å². The zero-order valence-electron chi connectivity index (χ0n) is 85.3. The number of carbonyl (C=O) groups excluding carboxylic acids is 13. The van der Waals surface area contributed by atoms with Gasteiger partial charge < -0.3 is 77.5 Å². The first-order valence-corrected chi connectivity index (χ1v) is 45.2. The molecule has 0 bridgehead atoms. The van der Waals surface area contributed by atoms with E-state index in [0.717, 1.165) is 39.3 Å². The van der Waals surface area contributed by atoms with E-state index in [2.05, 4.69) is 90.4 Å². The fraction of sp³-hybridized carbons (Fsp3) is 0.798. The monoisotopic (exact) mass is 1880 g/mol. The van der Waals surface area contributed by atoms with Crippen LogP contribution in [0.15, 0.2) is 25.5 Å². The number of piperazine rings is 1. The number of likely N-dealkylation sites (N-methyl/N-ethyl adjacent to an activating group) is 6. The predicted molar refractivity (Wildman–Crippen MR) is 513 cm³/mol. The molecule has 43 heteroatoms. The Morgan fingerprint density at radius 2 is 0.583 bits per heavy atom. The minimum Gasteiger partial charge on any atom is -0.452 e. The number of carbonyl (C=O) groups is 13. The molecule has 0 aromatic rings. The number of urea groups is 2. The highest BCUT2D eigenvalue weighted by Crippen LogP contribution is 2.22. The summed E-state index contributed by atoms with van der Waals surface area (Å²) in [4.78, 5) is 165. The highest BCUT2D eigenvalue weighted by atomic mass is 16.5. The normalized spacial score (nSPS) is 17.9. The van der Waals surface area contributed by atoms with Crippen LogP contribution < -0.4 is 53.9 Å². The number of ether oxygens (including phenoxy) is 2. The van der Waals surface area contributed by atoms with Gasteiger partial charge in [0.15, 0.2) is 28.9 Å². The highest BCUT2D eigenvalue weighted by molar-refractivity contribution is 5.93. The number of morpholine rings is 1. The molecule has 2 aliphatic heterocycles. The number of nitrogens with one attached hydrogen (secondary N) is 9. The molecule has 2 rings (SSSR count). The van der Waals surface area contributed by atoms with Crippen LogP contribution in [-0.2, 0) is 57.4 Å². The van der Waals surface area contributed by atoms with Crippen molar-refractivity contribution in [1.29, 1.82) is 0 Å². The van der Waals surface area contributed by atoms with Crippen molar-refractivity contribution in [2.75, 3.05) is 144 Å². The summed E-state index contributed by atoms with van der Waals surface area (Å²) in [5.41, 5.74) is 11.4. The van der Waals surface area contributed by atoms with E-state index in [1.807, 2.05) is 99.3 Å². The third kappa shape index (κ3) is 50.3. The van der Waals surface area contributed by atoms with E-state index in [9.17, 15) is 87.9 Å². The molecule has 2 aliphatic rings. The fourth-order valence-corrected chi connectivity index (χ4v) is 13.9. The van der Waals surface area contributed by atoms with Gasteiger partial charge in [0.05, 0.1) is 94.1 Å². The fourth-order valence-electron chi connectivity index (χ4n) is 13.9. The molecule has 0 radical (unpaired) electrons. The lowest BCUT2D eigenvalue weighted by molar-refractivity contribution is -0.135. The van der Waals surface area contributed by atoms with E-state index in [-0.39, 0.29) is 99.9 Å². The van der Waals surface area contributed by atoms with Gasteiger partial charge in [0.2, 0.25) is 29.5 Å². The molecule has 2 saturated heterocycles. The Balaban J connectivity index is -0.00000158. The van der Waals surface area contributed by atoms with Crippen LogP contribution in [0.25, 0.3) is 0 Å². The molecule has 43 nitrogen and oxygen atoms in total. The molecule has 16 N–H and O–H groups in total. The molecule has 0 saturated carbocycles. The number of aliphatic hydroxyl groups excluding tert-OH is 5. The minimum absolute atomic E-state index is 0.00505. The van der Waals surface area contributed by atoms with Gasteiger partial charge in [0.1, 0.15) is 30.2 Å². The Bertz CT molecular complexity index is 3500. The molecule has 2 heterocycles. The second kappa shape index (κ2) is 67.2. The maximum atomic E-state index is 12.8. The molecule has 0 unspecified atom stereocenters. The number of rotatable bonds is 50. The number of ketones is 5. The Hall–Kier alpha value is -9.02. The van der Waals surface area contributed by atoms with Gasteiger partial charge in [-0.3, -0.25) is 82.5 Å². The molecule has 20 atom stereocenters. The van der Waals surface area contributed by atoms with E-state index in [1.165, 1.54) is 67.4 Å². The van der Waals surface area contributed by atoms with Gasteiger partial charge in [-0.1, -0.05) is 104 Å². The first-order valence-electron chi connectivity index (χ1n) is 45.2. The molecule has 0 aromatic heterocycles. The van der Waals surface area contributed by atoms with Crippen LogP contribution in [0.4, 0.5) is 14.4 Å². The standard InChI is InChI=1S/C20H39N5O3.C19H36N4O4.C17H33N5O4.C17H32N4O5.C16H31N5O4/c1-14(2)17(16(4)26)22-20(28)18(23(5)6)19(27)15(3)8-9-21-25-12-10-24(7)11-13-25;1-13(2)16(15(4)24)21-19(26)17(22(5)6)18(25)14(3)7-8-20-23-9-11-27-12-10-23;1-10(2)13(12(4)23)20-16(25)14(22(6)7)15(24)11(3)8-9-19-21-17(26)18-5;1-10(2)13(12(4)22)19-16(24)14(21(5)6)15(23)11(3)8-9-18-20-17(25)26-7;1-9(2)12(11(4)22)19-15(24)13(21(5)6)14(23)10(3)7-8-18-20-16(17)25/h9,14-15,17-19,27H,8,10-13H2,1-7H3,(H,22,28);8,13-14,16-18,25H,7,9-12H2,1-6H3,(H,21,26);9-11,13-15,24H,8H2,1-7H3,(H,20,25)(H2,18,21,26);9-11,13-15,23H,8H2,1-7H3,(H,19,24)(H,20,25);8-10,12-14,23H,7H2,1-6H3,(H,19,24)(H3,17,20,25)/b21-9+;20-8+;19-9+;18-9+;18-8+/t15-,17-,18-,19-;14-,16-,17-,18-;2*11-,13-,14-,15-;10-,12-,13-,14-/m11111/s1. The lowest BCUT2D eigenvalue weighted by Crippen LogP contribution is -2.56. The number of methoxy groups -OCH3 is 1. The second-order valence-electron chi connectivity index (χ2n) is 36.9. The van der Waals surface area contributed by atoms with Crippen molar-refractivity contribution in [1.82, 2.24) is 87.6 Å². The first kappa shape index (κ1) is 127. The Morgan fingerprint density at radius 3 is 0.788 bits per heavy atom. The molecule has 132 heavy (non-hydrogen) atoms. The molecule has 0 aromatic carbocycles. The van der Waals surface area contributed by atoms with Crippen molar-refractivity contribution in [2.45, 2.75) is 262 Å². The topological polar surface area (TPSA) is 564 Å². The van der Waals surface area contributed by atoms with Crippen molar-refractivity contribution in [3.63, 3.8) is 0 Å². The number of aliphatic hydroxyl groups is 5. The number of hydrogen-bond donors (Lipinski definition) is 15. The smallest absolute Gasteiger partial charge is 0.427 e. The summed E-state index contributed by atoms with van der Waals surface area (Å²) < 4.78 is 9.67. The van der Waals surface area contributed by atoms with Gasteiger partial charge in [-0.2, -0.15) is 25.5 Å². The first-order chi connectivity index (χ1) is 61.2.